The topological polar surface area (TPSA) is 69.7 Å². The molecule has 0 N–H and O–H groups in total. The number of aldehydes is 2. The Kier molecular flexibility index (Phi) is 7.03. The molecule has 0 aliphatic heterocycles. The zero-order chi connectivity index (χ0) is 12.6. The Labute approximate surface area is 94.4 Å². The van der Waals surface area contributed by atoms with E-state index >= 15 is 0 Å². The maximum absolute atomic E-state index is 11.0. The zero-order valence-electron chi connectivity index (χ0n) is 9.47. The van der Waals surface area contributed by atoms with Gasteiger partial charge in [-0.3, -0.25) is 0 Å². The van der Waals surface area contributed by atoms with Crippen molar-refractivity contribution in [2.45, 2.75) is 32.5 Å². The van der Waals surface area contributed by atoms with Gasteiger partial charge in [0.1, 0.15) is 25.3 Å². The maximum atomic E-state index is 11.0. The Bertz CT molecular complexity index is 272. The smallest absolute Gasteiger partial charge is 0.333 e. The van der Waals surface area contributed by atoms with Crippen LogP contribution in [-0.2, 0) is 23.9 Å². The van der Waals surface area contributed by atoms with Crippen molar-refractivity contribution in [3.8, 4) is 0 Å². The summed E-state index contributed by atoms with van der Waals surface area (Å²) in [5.41, 5.74) is 0.298. The molecule has 0 aromatic rings. The second-order valence-corrected chi connectivity index (χ2v) is 3.40. The lowest BCUT2D eigenvalue weighted by molar-refractivity contribution is -0.145. The molecule has 0 fully saturated rings. The quantitative estimate of drug-likeness (QED) is 0.347. The molecule has 0 saturated carbocycles. The van der Waals surface area contributed by atoms with E-state index in [-0.39, 0.29) is 13.0 Å². The third kappa shape index (κ3) is 6.08. The monoisotopic (exact) mass is 228 g/mol. The van der Waals surface area contributed by atoms with E-state index in [1.54, 1.807) is 6.92 Å². The van der Waals surface area contributed by atoms with E-state index in [2.05, 4.69) is 6.58 Å². The van der Waals surface area contributed by atoms with Gasteiger partial charge in [-0.1, -0.05) is 6.58 Å². The summed E-state index contributed by atoms with van der Waals surface area (Å²) in [6, 6.07) is 0. The predicted molar refractivity (Wildman–Crippen MR) is 56.9 cm³/mol. The molecule has 0 bridgehead atoms. The van der Waals surface area contributed by atoms with Gasteiger partial charge in [-0.25, -0.2) is 4.79 Å². The number of ether oxygens (including phenoxy) is 2. The fourth-order valence-electron chi connectivity index (χ4n) is 0.892. The van der Waals surface area contributed by atoms with Crippen LogP contribution in [0.15, 0.2) is 12.2 Å². The van der Waals surface area contributed by atoms with Crippen LogP contribution in [0.25, 0.3) is 0 Å². The summed E-state index contributed by atoms with van der Waals surface area (Å²) < 4.78 is 9.98. The van der Waals surface area contributed by atoms with E-state index < -0.39 is 18.2 Å². The van der Waals surface area contributed by atoms with Crippen molar-refractivity contribution >= 4 is 18.5 Å². The third-order valence-electron chi connectivity index (χ3n) is 1.69. The molecule has 5 nitrogen and oxygen atoms in total. The summed E-state index contributed by atoms with van der Waals surface area (Å²) in [7, 11) is 0. The van der Waals surface area contributed by atoms with E-state index in [1.807, 2.05) is 0 Å². The molecule has 0 spiro atoms. The molecule has 0 rings (SSSR count). The average Bonchev–Trinajstić information content (AvgIpc) is 2.24. The number of hydrogen-bond donors (Lipinski definition) is 0. The Morgan fingerprint density at radius 3 is 2.50 bits per heavy atom. The highest BCUT2D eigenvalue weighted by Gasteiger charge is 2.14. The second kappa shape index (κ2) is 7.76. The minimum atomic E-state index is -0.781. The molecular weight excluding hydrogens is 212 g/mol. The van der Waals surface area contributed by atoms with Crippen molar-refractivity contribution in [3.05, 3.63) is 12.2 Å². The first kappa shape index (κ1) is 14.5. The lowest BCUT2D eigenvalue weighted by Crippen LogP contribution is -2.26. The van der Waals surface area contributed by atoms with Crippen LogP contribution in [0, 0.1) is 0 Å². The van der Waals surface area contributed by atoms with Gasteiger partial charge >= 0.3 is 5.97 Å². The number of rotatable bonds is 8. The summed E-state index contributed by atoms with van der Waals surface area (Å²) >= 11 is 0. The van der Waals surface area contributed by atoms with Gasteiger partial charge in [-0.05, 0) is 13.8 Å². The maximum Gasteiger partial charge on any atom is 0.333 e. The van der Waals surface area contributed by atoms with Crippen LogP contribution in [0.3, 0.4) is 0 Å². The van der Waals surface area contributed by atoms with Gasteiger partial charge in [0.2, 0.25) is 0 Å². The number of hydrogen-bond acceptors (Lipinski definition) is 5. The third-order valence-corrected chi connectivity index (χ3v) is 1.69. The Morgan fingerprint density at radius 2 is 2.06 bits per heavy atom. The van der Waals surface area contributed by atoms with Gasteiger partial charge in [-0.2, -0.15) is 0 Å². The number of carbonyl (C=O) groups is 3. The van der Waals surface area contributed by atoms with Crippen LogP contribution < -0.4 is 0 Å². The molecule has 0 amide bonds. The van der Waals surface area contributed by atoms with Gasteiger partial charge < -0.3 is 19.1 Å². The van der Waals surface area contributed by atoms with Crippen LogP contribution in [0.5, 0.6) is 0 Å². The lowest BCUT2D eigenvalue weighted by atomic mass is 10.3. The fraction of sp³-hybridized carbons (Fsp3) is 0.545. The van der Waals surface area contributed by atoms with Gasteiger partial charge in [0.15, 0.2) is 0 Å². The first-order valence-corrected chi connectivity index (χ1v) is 4.88. The average molecular weight is 228 g/mol. The summed E-state index contributed by atoms with van der Waals surface area (Å²) in [5.74, 6) is -0.506. The van der Waals surface area contributed by atoms with Crippen LogP contribution >= 0.6 is 0 Å². The highest BCUT2D eigenvalue weighted by molar-refractivity contribution is 5.86. The molecule has 0 aromatic heterocycles. The summed E-state index contributed by atoms with van der Waals surface area (Å²) in [6.07, 6.45) is -0.0751. The van der Waals surface area contributed by atoms with Gasteiger partial charge in [0.25, 0.3) is 0 Å². The molecule has 0 saturated heterocycles. The van der Waals surface area contributed by atoms with Crippen molar-refractivity contribution in [3.63, 3.8) is 0 Å². The normalized spacial score (nSPS) is 13.6. The molecule has 2 unspecified atom stereocenters. The highest BCUT2D eigenvalue weighted by Crippen LogP contribution is 2.02. The van der Waals surface area contributed by atoms with E-state index in [0.717, 1.165) is 0 Å². The molecule has 5 heteroatoms. The van der Waals surface area contributed by atoms with Crippen LogP contribution in [0.4, 0.5) is 0 Å². The Balaban J connectivity index is 3.92. The van der Waals surface area contributed by atoms with Crippen molar-refractivity contribution < 1.29 is 23.9 Å². The van der Waals surface area contributed by atoms with E-state index in [1.165, 1.54) is 6.92 Å². The number of carbonyl (C=O) groups excluding carboxylic acids is 3. The van der Waals surface area contributed by atoms with Crippen molar-refractivity contribution in [2.24, 2.45) is 0 Å². The van der Waals surface area contributed by atoms with Crippen molar-refractivity contribution in [1.29, 1.82) is 0 Å². The summed E-state index contributed by atoms with van der Waals surface area (Å²) in [6.45, 7) is 6.63. The van der Waals surface area contributed by atoms with Gasteiger partial charge in [-0.15, -0.1) is 0 Å². The van der Waals surface area contributed by atoms with Gasteiger partial charge in [0, 0.05) is 12.0 Å². The SMILES string of the molecule is C=C(C)C(=O)OCC(C)OC(C=O)CC=O. The first-order chi connectivity index (χ1) is 7.51. The standard InChI is InChI=1S/C11H16O5/c1-8(2)11(14)15-7-9(3)16-10(6-13)4-5-12/h5-6,9-10H,1,4,7H2,2-3H3. The number of esters is 1. The van der Waals surface area contributed by atoms with Crippen molar-refractivity contribution in [2.75, 3.05) is 6.61 Å². The first-order valence-electron chi connectivity index (χ1n) is 4.88. The largest absolute Gasteiger partial charge is 0.460 e. The Hall–Kier alpha value is -1.49. The zero-order valence-corrected chi connectivity index (χ0v) is 9.47. The van der Waals surface area contributed by atoms with E-state index in [9.17, 15) is 14.4 Å². The minimum absolute atomic E-state index is 0.00225. The summed E-state index contributed by atoms with van der Waals surface area (Å²) in [5, 5.41) is 0. The summed E-state index contributed by atoms with van der Waals surface area (Å²) in [4.78, 5) is 31.7. The van der Waals surface area contributed by atoms with Crippen molar-refractivity contribution in [1.82, 2.24) is 0 Å². The fourth-order valence-corrected chi connectivity index (χ4v) is 0.892. The molecular formula is C11H16O5. The van der Waals surface area contributed by atoms with Crippen LogP contribution in [-0.4, -0.2) is 37.4 Å². The minimum Gasteiger partial charge on any atom is -0.460 e. The molecule has 0 radical (unpaired) electrons. The molecule has 16 heavy (non-hydrogen) atoms. The predicted octanol–water partition coefficient (Wildman–Crippen LogP) is 0.667. The molecule has 0 heterocycles. The van der Waals surface area contributed by atoms with Gasteiger partial charge in [0.05, 0.1) is 6.10 Å². The molecule has 0 aliphatic carbocycles. The Morgan fingerprint density at radius 1 is 1.44 bits per heavy atom. The highest BCUT2D eigenvalue weighted by atomic mass is 16.6. The van der Waals surface area contributed by atoms with E-state index in [4.69, 9.17) is 9.47 Å². The molecule has 2 atom stereocenters. The van der Waals surface area contributed by atoms with Crippen LogP contribution in [0.2, 0.25) is 0 Å². The molecule has 0 aromatic carbocycles. The lowest BCUT2D eigenvalue weighted by Gasteiger charge is -2.16. The van der Waals surface area contributed by atoms with Crippen LogP contribution in [0.1, 0.15) is 20.3 Å². The van der Waals surface area contributed by atoms with E-state index in [0.29, 0.717) is 18.1 Å². The molecule has 0 aliphatic rings. The molecule has 90 valence electrons. The second-order valence-electron chi connectivity index (χ2n) is 3.40.